The van der Waals surface area contributed by atoms with Crippen molar-refractivity contribution in [1.29, 1.82) is 0 Å². The molecule has 4 atom stereocenters. The number of ether oxygens (including phenoxy) is 1. The second-order valence-electron chi connectivity index (χ2n) is 6.88. The molecule has 8 heteroatoms. The molecule has 1 heterocycles. The average Bonchev–Trinajstić information content (AvgIpc) is 2.93. The number of nitrogens with one attached hydrogen (secondary N) is 1. The van der Waals surface area contributed by atoms with Gasteiger partial charge in [0.2, 0.25) is 0 Å². The average molecular weight is 392 g/mol. The molecule has 7 nitrogen and oxygen atoms in total. The number of aliphatic hydroxyl groups is 2. The number of hydrogen-bond donors (Lipinski definition) is 3. The zero-order valence-corrected chi connectivity index (χ0v) is 15.8. The van der Waals surface area contributed by atoms with Crippen LogP contribution < -0.4 is 10.1 Å². The van der Waals surface area contributed by atoms with Gasteiger partial charge in [0.15, 0.2) is 9.84 Å². The summed E-state index contributed by atoms with van der Waals surface area (Å²) in [6.07, 6.45) is 3.43. The number of nitrogens with zero attached hydrogens (tertiary/aromatic N) is 1. The summed E-state index contributed by atoms with van der Waals surface area (Å²) in [7, 11) is -3.24. The van der Waals surface area contributed by atoms with E-state index in [1.54, 1.807) is 24.5 Å². The summed E-state index contributed by atoms with van der Waals surface area (Å²) in [5.74, 6) is 0.303. The van der Waals surface area contributed by atoms with E-state index in [0.29, 0.717) is 18.7 Å². The Bertz CT molecular complexity index is 842. The monoisotopic (exact) mass is 392 g/mol. The van der Waals surface area contributed by atoms with Gasteiger partial charge in [-0.05, 0) is 42.3 Å². The van der Waals surface area contributed by atoms with Crippen LogP contribution in [0.25, 0.3) is 0 Å². The van der Waals surface area contributed by atoms with Crippen molar-refractivity contribution < 1.29 is 23.4 Å². The van der Waals surface area contributed by atoms with Gasteiger partial charge in [-0.2, -0.15) is 0 Å². The Morgan fingerprint density at radius 3 is 2.56 bits per heavy atom. The molecular weight excluding hydrogens is 368 g/mol. The first kappa shape index (κ1) is 19.8. The minimum atomic E-state index is -3.24. The van der Waals surface area contributed by atoms with E-state index in [1.807, 2.05) is 12.1 Å². The molecule has 1 aromatic heterocycles. The Balaban J connectivity index is 1.53. The predicted octanol–water partition coefficient (Wildman–Crippen LogP) is 0.764. The normalized spacial score (nSPS) is 25.4. The lowest BCUT2D eigenvalue weighted by atomic mass is 10.1. The van der Waals surface area contributed by atoms with Crippen molar-refractivity contribution in [2.24, 2.45) is 5.92 Å². The number of pyridine rings is 1. The van der Waals surface area contributed by atoms with Gasteiger partial charge in [-0.25, -0.2) is 8.42 Å². The third-order valence-electron chi connectivity index (χ3n) is 4.81. The third kappa shape index (κ3) is 5.04. The van der Waals surface area contributed by atoms with Gasteiger partial charge in [-0.15, -0.1) is 0 Å². The molecule has 0 aliphatic heterocycles. The van der Waals surface area contributed by atoms with Gasteiger partial charge in [-0.3, -0.25) is 4.98 Å². The van der Waals surface area contributed by atoms with Gasteiger partial charge in [0.05, 0.1) is 23.7 Å². The largest absolute Gasteiger partial charge is 0.493 e. The van der Waals surface area contributed by atoms with Crippen molar-refractivity contribution in [2.45, 2.75) is 36.1 Å². The maximum Gasteiger partial charge on any atom is 0.175 e. The number of sulfone groups is 1. The van der Waals surface area contributed by atoms with E-state index < -0.39 is 22.0 Å². The Hall–Kier alpha value is -2.00. The van der Waals surface area contributed by atoms with E-state index in [-0.39, 0.29) is 23.5 Å². The quantitative estimate of drug-likeness (QED) is 0.638. The van der Waals surface area contributed by atoms with E-state index in [2.05, 4.69) is 10.3 Å². The predicted molar refractivity (Wildman–Crippen MR) is 100 cm³/mol. The number of benzene rings is 1. The molecule has 1 aromatic carbocycles. The van der Waals surface area contributed by atoms with Crippen molar-refractivity contribution in [2.75, 3.05) is 12.9 Å². The minimum absolute atomic E-state index is 0.221. The molecular formula is C19H24N2O5S. The lowest BCUT2D eigenvalue weighted by molar-refractivity contribution is 0.00206. The van der Waals surface area contributed by atoms with Crippen molar-refractivity contribution >= 4 is 9.84 Å². The zero-order valence-electron chi connectivity index (χ0n) is 15.0. The van der Waals surface area contributed by atoms with Crippen LogP contribution in [0.4, 0.5) is 0 Å². The fourth-order valence-corrected chi connectivity index (χ4v) is 3.86. The van der Waals surface area contributed by atoms with E-state index in [4.69, 9.17) is 4.74 Å². The Morgan fingerprint density at radius 1 is 1.19 bits per heavy atom. The molecule has 1 aliphatic rings. The van der Waals surface area contributed by atoms with Gasteiger partial charge >= 0.3 is 0 Å². The highest BCUT2D eigenvalue weighted by Crippen LogP contribution is 2.28. The summed E-state index contributed by atoms with van der Waals surface area (Å²) >= 11 is 0. The maximum absolute atomic E-state index is 11.5. The fraction of sp³-hybridized carbons (Fsp3) is 0.421. The molecule has 146 valence electrons. The van der Waals surface area contributed by atoms with Crippen LogP contribution in [0, 0.1) is 5.92 Å². The standard InChI is InChI=1S/C19H24N2O5S/c1-27(24,25)16-6-4-15(5-7-16)26-12-14-9-17(19(23)18(14)22)21-11-13-3-2-8-20-10-13/h2-8,10,14,17-19,21-23H,9,11-12H2,1H3/t14-,17-,18-,19+/m1/s1. The Morgan fingerprint density at radius 2 is 1.93 bits per heavy atom. The van der Waals surface area contributed by atoms with Crippen LogP contribution >= 0.6 is 0 Å². The molecule has 27 heavy (non-hydrogen) atoms. The highest BCUT2D eigenvalue weighted by atomic mass is 32.2. The van der Waals surface area contributed by atoms with Crippen LogP contribution in [0.15, 0.2) is 53.7 Å². The first-order valence-corrected chi connectivity index (χ1v) is 10.6. The van der Waals surface area contributed by atoms with E-state index >= 15 is 0 Å². The molecule has 3 N–H and O–H groups in total. The minimum Gasteiger partial charge on any atom is -0.493 e. The molecule has 1 aliphatic carbocycles. The summed E-state index contributed by atoms with van der Waals surface area (Å²) in [5.41, 5.74) is 1.00. The molecule has 1 saturated carbocycles. The van der Waals surface area contributed by atoms with Crippen LogP contribution in [0.1, 0.15) is 12.0 Å². The maximum atomic E-state index is 11.5. The second-order valence-corrected chi connectivity index (χ2v) is 8.90. The summed E-state index contributed by atoms with van der Waals surface area (Å²) in [6.45, 7) is 0.796. The number of rotatable bonds is 7. The summed E-state index contributed by atoms with van der Waals surface area (Å²) in [6, 6.07) is 9.72. The Labute approximate surface area is 158 Å². The molecule has 0 bridgehead atoms. The smallest absolute Gasteiger partial charge is 0.175 e. The molecule has 0 spiro atoms. The number of aromatic nitrogens is 1. The van der Waals surface area contributed by atoms with Crippen LogP contribution in [-0.2, 0) is 16.4 Å². The van der Waals surface area contributed by atoms with Gasteiger partial charge in [-0.1, -0.05) is 6.07 Å². The van der Waals surface area contributed by atoms with Crippen molar-refractivity contribution in [3.8, 4) is 5.75 Å². The van der Waals surface area contributed by atoms with Gasteiger partial charge in [0.1, 0.15) is 5.75 Å². The van der Waals surface area contributed by atoms with E-state index in [0.717, 1.165) is 11.8 Å². The summed E-state index contributed by atoms with van der Waals surface area (Å²) in [5, 5.41) is 23.8. The number of hydrogen-bond acceptors (Lipinski definition) is 7. The first-order valence-electron chi connectivity index (χ1n) is 8.76. The van der Waals surface area contributed by atoms with Crippen molar-refractivity contribution in [1.82, 2.24) is 10.3 Å². The van der Waals surface area contributed by atoms with E-state index in [1.165, 1.54) is 12.1 Å². The molecule has 0 saturated heterocycles. The van der Waals surface area contributed by atoms with Gasteiger partial charge in [0, 0.05) is 37.2 Å². The van der Waals surface area contributed by atoms with Crippen LogP contribution in [0.2, 0.25) is 0 Å². The van der Waals surface area contributed by atoms with Crippen LogP contribution in [0.5, 0.6) is 5.75 Å². The van der Waals surface area contributed by atoms with Crippen molar-refractivity contribution in [3.05, 3.63) is 54.4 Å². The van der Waals surface area contributed by atoms with Crippen LogP contribution in [0.3, 0.4) is 0 Å². The highest BCUT2D eigenvalue weighted by Gasteiger charge is 2.41. The van der Waals surface area contributed by atoms with Crippen LogP contribution in [-0.4, -0.2) is 54.7 Å². The van der Waals surface area contributed by atoms with Gasteiger partial charge < -0.3 is 20.3 Å². The second kappa shape index (κ2) is 8.35. The fourth-order valence-electron chi connectivity index (χ4n) is 3.23. The molecule has 1 fully saturated rings. The Kier molecular flexibility index (Phi) is 6.11. The SMILES string of the molecule is CS(=O)(=O)c1ccc(OC[C@H]2C[C@@H](NCc3cccnc3)[C@H](O)[C@@H]2O)cc1. The molecule has 0 amide bonds. The topological polar surface area (TPSA) is 109 Å². The molecule has 2 aromatic rings. The lowest BCUT2D eigenvalue weighted by Crippen LogP contribution is -2.39. The van der Waals surface area contributed by atoms with Gasteiger partial charge in [0.25, 0.3) is 0 Å². The summed E-state index contributed by atoms with van der Waals surface area (Å²) < 4.78 is 28.6. The molecule has 3 rings (SSSR count). The summed E-state index contributed by atoms with van der Waals surface area (Å²) in [4.78, 5) is 4.28. The lowest BCUT2D eigenvalue weighted by Gasteiger charge is -2.18. The highest BCUT2D eigenvalue weighted by molar-refractivity contribution is 7.90. The first-order chi connectivity index (χ1) is 12.8. The molecule has 0 unspecified atom stereocenters. The van der Waals surface area contributed by atoms with E-state index in [9.17, 15) is 18.6 Å². The van der Waals surface area contributed by atoms with Crippen molar-refractivity contribution in [3.63, 3.8) is 0 Å². The third-order valence-corrected chi connectivity index (χ3v) is 5.94. The molecule has 0 radical (unpaired) electrons. The number of aliphatic hydroxyl groups excluding tert-OH is 2. The zero-order chi connectivity index (χ0) is 19.4.